The second-order valence-electron chi connectivity index (χ2n) is 8.70. The lowest BCUT2D eigenvalue weighted by Gasteiger charge is -2.23. The second kappa shape index (κ2) is 8.68. The van der Waals surface area contributed by atoms with Gasteiger partial charge in [-0.3, -0.25) is 28.4 Å². The highest BCUT2D eigenvalue weighted by Crippen LogP contribution is 2.30. The summed E-state index contributed by atoms with van der Waals surface area (Å²) in [5, 5.41) is 2.65. The van der Waals surface area contributed by atoms with E-state index in [9.17, 15) is 24.0 Å². The van der Waals surface area contributed by atoms with Gasteiger partial charge in [-0.2, -0.15) is 0 Å². The summed E-state index contributed by atoms with van der Waals surface area (Å²) in [6.45, 7) is 7.02. The Hall–Kier alpha value is -3.69. The van der Waals surface area contributed by atoms with Crippen LogP contribution in [0.5, 0.6) is 0 Å². The normalized spacial score (nSPS) is 18.2. The zero-order chi connectivity index (χ0) is 24.7. The van der Waals surface area contributed by atoms with Gasteiger partial charge in [0.1, 0.15) is 16.9 Å². The Kier molecular flexibility index (Phi) is 6.31. The molecule has 1 unspecified atom stereocenters. The average Bonchev–Trinajstić information content (AvgIpc) is 2.99. The minimum Gasteiger partial charge on any atom is -0.384 e. The van der Waals surface area contributed by atoms with E-state index in [0.29, 0.717) is 17.9 Å². The van der Waals surface area contributed by atoms with Gasteiger partial charge in [0, 0.05) is 13.6 Å². The van der Waals surface area contributed by atoms with Crippen molar-refractivity contribution in [1.82, 2.24) is 19.4 Å². The fraction of sp³-hybridized carbons (Fsp3) is 0.435. The van der Waals surface area contributed by atoms with Crippen molar-refractivity contribution in [3.8, 4) is 0 Å². The number of carbonyl (C=O) groups is 3. The molecule has 1 fully saturated rings. The molecule has 2 aromatic rings. The maximum Gasteiger partial charge on any atom is 0.332 e. The summed E-state index contributed by atoms with van der Waals surface area (Å²) in [7, 11) is 1.25. The maximum atomic E-state index is 13.2. The van der Waals surface area contributed by atoms with Gasteiger partial charge in [-0.1, -0.05) is 45.0 Å². The highest BCUT2D eigenvalue weighted by Gasteiger charge is 2.49. The van der Waals surface area contributed by atoms with E-state index < -0.39 is 46.6 Å². The largest absolute Gasteiger partial charge is 0.384 e. The van der Waals surface area contributed by atoms with Crippen LogP contribution in [-0.4, -0.2) is 38.3 Å². The standard InChI is InChI=1S/C23H29N5O5/c1-6-11-27-18(24)17(19(30)26(5)22(27)33)16(29)12-28-20(31)23(4,25-21(28)32)15-9-7-14(8-10-15)13(2)3/h7-10,13H,6,11-12,24H2,1-5H3,(H,25,32). The molecule has 1 aromatic heterocycles. The number of carbonyl (C=O) groups excluding carboxylic acids is 3. The minimum atomic E-state index is -1.36. The van der Waals surface area contributed by atoms with Crippen molar-refractivity contribution in [3.63, 3.8) is 0 Å². The summed E-state index contributed by atoms with van der Waals surface area (Å²) in [5.41, 5.74) is 4.38. The third-order valence-corrected chi connectivity index (χ3v) is 6.04. The third kappa shape index (κ3) is 3.96. The van der Waals surface area contributed by atoms with E-state index in [1.807, 2.05) is 32.9 Å². The molecule has 0 bridgehead atoms. The first kappa shape index (κ1) is 24.0. The molecular weight excluding hydrogens is 426 g/mol. The number of hydrogen-bond donors (Lipinski definition) is 2. The van der Waals surface area contributed by atoms with Crippen molar-refractivity contribution in [1.29, 1.82) is 0 Å². The highest BCUT2D eigenvalue weighted by molar-refractivity contribution is 6.12. The number of amides is 3. The Labute approximate surface area is 191 Å². The Bertz CT molecular complexity index is 1240. The molecule has 10 heteroatoms. The predicted octanol–water partition coefficient (Wildman–Crippen LogP) is 1.31. The number of urea groups is 1. The van der Waals surface area contributed by atoms with Crippen LogP contribution in [0.15, 0.2) is 33.9 Å². The summed E-state index contributed by atoms with van der Waals surface area (Å²) < 4.78 is 1.94. The molecule has 0 aliphatic carbocycles. The number of ketones is 1. The Morgan fingerprint density at radius 2 is 1.73 bits per heavy atom. The molecule has 2 heterocycles. The zero-order valence-corrected chi connectivity index (χ0v) is 19.5. The molecule has 1 atom stereocenters. The van der Waals surface area contributed by atoms with Gasteiger partial charge in [0.15, 0.2) is 5.78 Å². The van der Waals surface area contributed by atoms with Gasteiger partial charge in [0.25, 0.3) is 11.5 Å². The van der Waals surface area contributed by atoms with E-state index in [0.717, 1.165) is 19.6 Å². The third-order valence-electron chi connectivity index (χ3n) is 6.04. The second-order valence-corrected chi connectivity index (χ2v) is 8.70. The predicted molar refractivity (Wildman–Crippen MR) is 123 cm³/mol. The zero-order valence-electron chi connectivity index (χ0n) is 19.5. The molecule has 3 N–H and O–H groups in total. The van der Waals surface area contributed by atoms with Crippen molar-refractivity contribution in [3.05, 3.63) is 61.8 Å². The SMILES string of the molecule is CCCn1c(N)c(C(=O)CN2C(=O)NC(C)(c3ccc(C(C)C)cc3)C2=O)c(=O)n(C)c1=O. The molecule has 1 aromatic carbocycles. The van der Waals surface area contributed by atoms with Gasteiger partial charge in [-0.15, -0.1) is 0 Å². The first-order valence-corrected chi connectivity index (χ1v) is 10.8. The number of imide groups is 1. The van der Waals surface area contributed by atoms with Crippen molar-refractivity contribution in [2.24, 2.45) is 7.05 Å². The van der Waals surface area contributed by atoms with Crippen LogP contribution in [0.4, 0.5) is 10.6 Å². The molecule has 1 aliphatic heterocycles. The molecule has 10 nitrogen and oxygen atoms in total. The number of rotatable bonds is 7. The molecule has 176 valence electrons. The van der Waals surface area contributed by atoms with Crippen LogP contribution < -0.4 is 22.3 Å². The number of aromatic nitrogens is 2. The first-order valence-electron chi connectivity index (χ1n) is 10.8. The number of nitrogen functional groups attached to an aromatic ring is 1. The molecule has 1 saturated heterocycles. The van der Waals surface area contributed by atoms with E-state index in [1.54, 1.807) is 19.1 Å². The average molecular weight is 456 g/mol. The van der Waals surface area contributed by atoms with Crippen LogP contribution in [0.25, 0.3) is 0 Å². The van der Waals surface area contributed by atoms with Gasteiger partial charge >= 0.3 is 11.7 Å². The molecule has 1 aliphatic rings. The molecule has 0 spiro atoms. The topological polar surface area (TPSA) is 136 Å². The van der Waals surface area contributed by atoms with Crippen LogP contribution in [0.2, 0.25) is 0 Å². The van der Waals surface area contributed by atoms with Crippen LogP contribution in [-0.2, 0) is 23.9 Å². The quantitative estimate of drug-likeness (QED) is 0.477. The molecular formula is C23H29N5O5. The maximum absolute atomic E-state index is 13.2. The van der Waals surface area contributed by atoms with E-state index in [1.165, 1.54) is 7.05 Å². The summed E-state index contributed by atoms with van der Waals surface area (Å²) in [6.07, 6.45) is 0.552. The van der Waals surface area contributed by atoms with Crippen molar-refractivity contribution in [2.75, 3.05) is 12.3 Å². The number of Topliss-reactive ketones (excluding diaryl/α,β-unsaturated/α-hetero) is 1. The number of nitrogens with one attached hydrogen (secondary N) is 1. The number of anilines is 1. The van der Waals surface area contributed by atoms with Crippen LogP contribution in [0, 0.1) is 0 Å². The van der Waals surface area contributed by atoms with Gasteiger partial charge in [-0.05, 0) is 30.4 Å². The van der Waals surface area contributed by atoms with E-state index in [-0.39, 0.29) is 12.4 Å². The molecule has 0 saturated carbocycles. The molecule has 33 heavy (non-hydrogen) atoms. The highest BCUT2D eigenvalue weighted by atomic mass is 16.2. The molecule has 3 amide bonds. The number of nitrogens with zero attached hydrogens (tertiary/aromatic N) is 3. The Morgan fingerprint density at radius 3 is 2.27 bits per heavy atom. The van der Waals surface area contributed by atoms with Crippen molar-refractivity contribution >= 4 is 23.5 Å². The van der Waals surface area contributed by atoms with Crippen molar-refractivity contribution < 1.29 is 14.4 Å². The summed E-state index contributed by atoms with van der Waals surface area (Å²) in [5.74, 6) is -1.40. The summed E-state index contributed by atoms with van der Waals surface area (Å²) in [4.78, 5) is 64.6. The van der Waals surface area contributed by atoms with Gasteiger partial charge < -0.3 is 11.1 Å². The first-order chi connectivity index (χ1) is 15.4. The molecule has 0 radical (unpaired) electrons. The summed E-state index contributed by atoms with van der Waals surface area (Å²) in [6, 6.07) is 6.57. The van der Waals surface area contributed by atoms with E-state index in [2.05, 4.69) is 5.32 Å². The fourth-order valence-corrected chi connectivity index (χ4v) is 3.95. The lowest BCUT2D eigenvalue weighted by Crippen LogP contribution is -2.45. The number of benzene rings is 1. The lowest BCUT2D eigenvalue weighted by atomic mass is 9.90. The van der Waals surface area contributed by atoms with Crippen LogP contribution in [0.1, 0.15) is 61.5 Å². The van der Waals surface area contributed by atoms with Crippen LogP contribution >= 0.6 is 0 Å². The van der Waals surface area contributed by atoms with Crippen molar-refractivity contribution in [2.45, 2.75) is 52.1 Å². The van der Waals surface area contributed by atoms with E-state index in [4.69, 9.17) is 5.73 Å². The fourth-order valence-electron chi connectivity index (χ4n) is 3.95. The lowest BCUT2D eigenvalue weighted by molar-refractivity contribution is -0.130. The minimum absolute atomic E-state index is 0.215. The van der Waals surface area contributed by atoms with Gasteiger partial charge in [0.2, 0.25) is 0 Å². The summed E-state index contributed by atoms with van der Waals surface area (Å²) >= 11 is 0. The Morgan fingerprint density at radius 1 is 1.12 bits per heavy atom. The van der Waals surface area contributed by atoms with E-state index >= 15 is 0 Å². The number of nitrogens with two attached hydrogens (primary N) is 1. The molecule has 3 rings (SSSR count). The van der Waals surface area contributed by atoms with Gasteiger partial charge in [0.05, 0.1) is 6.54 Å². The number of hydrogen-bond acceptors (Lipinski definition) is 6. The Balaban J connectivity index is 1.94. The van der Waals surface area contributed by atoms with Crippen LogP contribution in [0.3, 0.4) is 0 Å². The van der Waals surface area contributed by atoms with Gasteiger partial charge in [-0.25, -0.2) is 9.59 Å². The monoisotopic (exact) mass is 455 g/mol. The smallest absolute Gasteiger partial charge is 0.332 e.